The monoisotopic (exact) mass is 238 g/mol. The van der Waals surface area contributed by atoms with Crippen LogP contribution in [0.25, 0.3) is 0 Å². The molecule has 3 nitrogen and oxygen atoms in total. The van der Waals surface area contributed by atoms with Crippen molar-refractivity contribution in [2.45, 2.75) is 19.1 Å². The van der Waals surface area contributed by atoms with Crippen LogP contribution in [0.15, 0.2) is 24.3 Å². The second kappa shape index (κ2) is 5.47. The third-order valence-electron chi connectivity index (χ3n) is 3.32. The summed E-state index contributed by atoms with van der Waals surface area (Å²) in [7, 11) is 1.97. The fraction of sp³-hybridized carbons (Fsp3) is 0.538. The fourth-order valence-electron chi connectivity index (χ4n) is 2.08. The smallest absolute Gasteiger partial charge is 0.125 e. The average molecular weight is 238 g/mol. The van der Waals surface area contributed by atoms with Crippen LogP contribution in [0.5, 0.6) is 0 Å². The Morgan fingerprint density at radius 3 is 3.00 bits per heavy atom. The number of likely N-dealkylation sites (N-methyl/N-ethyl adjacent to an activating group) is 1. The molecule has 0 radical (unpaired) electrons. The van der Waals surface area contributed by atoms with Crippen LogP contribution in [0, 0.1) is 5.82 Å². The summed E-state index contributed by atoms with van der Waals surface area (Å²) in [5.41, 5.74) is 0.881. The molecule has 17 heavy (non-hydrogen) atoms. The highest BCUT2D eigenvalue weighted by Crippen LogP contribution is 2.19. The summed E-state index contributed by atoms with van der Waals surface area (Å²) in [6.07, 6.45) is 0.150. The molecule has 0 bridgehead atoms. The lowest BCUT2D eigenvalue weighted by atomic mass is 10.1. The summed E-state index contributed by atoms with van der Waals surface area (Å²) in [5, 5.41) is 3.31. The van der Waals surface area contributed by atoms with E-state index in [1.54, 1.807) is 12.1 Å². The first-order valence-electron chi connectivity index (χ1n) is 5.99. The number of hydrogen-bond acceptors (Lipinski definition) is 3. The number of ether oxygens (including phenoxy) is 1. The number of nitrogens with one attached hydrogen (secondary N) is 1. The summed E-state index contributed by atoms with van der Waals surface area (Å²) in [5.74, 6) is -0.204. The Morgan fingerprint density at radius 1 is 1.53 bits per heavy atom. The molecule has 2 unspecified atom stereocenters. The van der Waals surface area contributed by atoms with Crippen LogP contribution in [-0.4, -0.2) is 38.9 Å². The molecule has 1 aliphatic rings. The molecule has 0 saturated carbocycles. The van der Waals surface area contributed by atoms with Gasteiger partial charge in [-0.05, 0) is 25.1 Å². The van der Waals surface area contributed by atoms with Gasteiger partial charge in [-0.3, -0.25) is 0 Å². The maximum absolute atomic E-state index is 13.2. The topological polar surface area (TPSA) is 24.5 Å². The van der Waals surface area contributed by atoms with E-state index in [0.717, 1.165) is 25.4 Å². The predicted octanol–water partition coefficient (Wildman–Crippen LogP) is 1.64. The van der Waals surface area contributed by atoms with Crippen molar-refractivity contribution in [3.05, 3.63) is 30.1 Å². The molecule has 0 amide bonds. The van der Waals surface area contributed by atoms with Crippen LogP contribution in [-0.2, 0) is 4.74 Å². The Bertz CT molecular complexity index is 366. The SMILES string of the molecule is CC(C1CNCCO1)N(C)c1cccc(F)c1. The highest BCUT2D eigenvalue weighted by atomic mass is 19.1. The first-order valence-corrected chi connectivity index (χ1v) is 5.99. The van der Waals surface area contributed by atoms with E-state index in [4.69, 9.17) is 4.74 Å². The van der Waals surface area contributed by atoms with Crippen LogP contribution in [0.4, 0.5) is 10.1 Å². The van der Waals surface area contributed by atoms with Gasteiger partial charge in [-0.2, -0.15) is 0 Å². The van der Waals surface area contributed by atoms with Gasteiger partial charge in [-0.1, -0.05) is 6.07 Å². The number of morpholine rings is 1. The quantitative estimate of drug-likeness (QED) is 0.866. The maximum atomic E-state index is 13.2. The van der Waals surface area contributed by atoms with Gasteiger partial charge < -0.3 is 15.0 Å². The Morgan fingerprint density at radius 2 is 2.35 bits per heavy atom. The normalized spacial score (nSPS) is 22.2. The Balaban J connectivity index is 2.05. The zero-order valence-corrected chi connectivity index (χ0v) is 10.3. The molecule has 1 aliphatic heterocycles. The molecule has 0 aliphatic carbocycles. The van der Waals surface area contributed by atoms with Crippen molar-refractivity contribution in [1.29, 1.82) is 0 Å². The zero-order chi connectivity index (χ0) is 12.3. The summed E-state index contributed by atoms with van der Waals surface area (Å²) < 4.78 is 18.9. The van der Waals surface area contributed by atoms with Gasteiger partial charge in [0.25, 0.3) is 0 Å². The average Bonchev–Trinajstić information content (AvgIpc) is 2.38. The molecule has 94 valence electrons. The van der Waals surface area contributed by atoms with Crippen molar-refractivity contribution in [3.8, 4) is 0 Å². The molecule has 1 aromatic carbocycles. The lowest BCUT2D eigenvalue weighted by Gasteiger charge is -2.35. The van der Waals surface area contributed by atoms with Gasteiger partial charge >= 0.3 is 0 Å². The molecule has 4 heteroatoms. The fourth-order valence-corrected chi connectivity index (χ4v) is 2.08. The van der Waals surface area contributed by atoms with Crippen LogP contribution >= 0.6 is 0 Å². The highest BCUT2D eigenvalue weighted by Gasteiger charge is 2.24. The summed E-state index contributed by atoms with van der Waals surface area (Å²) in [6.45, 7) is 4.60. The molecule has 0 aromatic heterocycles. The van der Waals surface area contributed by atoms with Gasteiger partial charge in [0.1, 0.15) is 5.82 Å². The van der Waals surface area contributed by atoms with E-state index in [9.17, 15) is 4.39 Å². The largest absolute Gasteiger partial charge is 0.373 e. The van der Waals surface area contributed by atoms with Crippen molar-refractivity contribution >= 4 is 5.69 Å². The highest BCUT2D eigenvalue weighted by molar-refractivity contribution is 5.46. The number of halogens is 1. The van der Waals surface area contributed by atoms with E-state index >= 15 is 0 Å². The molecule has 1 fully saturated rings. The van der Waals surface area contributed by atoms with Crippen molar-refractivity contribution in [3.63, 3.8) is 0 Å². The van der Waals surface area contributed by atoms with E-state index < -0.39 is 0 Å². The minimum Gasteiger partial charge on any atom is -0.373 e. The Hall–Kier alpha value is -1.13. The summed E-state index contributed by atoms with van der Waals surface area (Å²) in [6, 6.07) is 6.86. The molecule has 1 heterocycles. The molecular weight excluding hydrogens is 219 g/mol. The molecule has 1 aromatic rings. The van der Waals surface area contributed by atoms with Crippen LogP contribution in [0.2, 0.25) is 0 Å². The van der Waals surface area contributed by atoms with Crippen LogP contribution < -0.4 is 10.2 Å². The van der Waals surface area contributed by atoms with Gasteiger partial charge in [0.2, 0.25) is 0 Å². The number of rotatable bonds is 3. The summed E-state index contributed by atoms with van der Waals surface area (Å²) in [4.78, 5) is 2.06. The van der Waals surface area contributed by atoms with Crippen molar-refractivity contribution in [2.75, 3.05) is 31.6 Å². The van der Waals surface area contributed by atoms with E-state index in [0.29, 0.717) is 0 Å². The van der Waals surface area contributed by atoms with Gasteiger partial charge in [0, 0.05) is 25.8 Å². The second-order valence-electron chi connectivity index (χ2n) is 4.44. The number of benzene rings is 1. The third-order valence-corrected chi connectivity index (χ3v) is 3.32. The third kappa shape index (κ3) is 2.96. The van der Waals surface area contributed by atoms with E-state index in [1.807, 2.05) is 13.1 Å². The standard InChI is InChI=1S/C13H19FN2O/c1-10(13-9-15-6-7-17-13)16(2)12-5-3-4-11(14)8-12/h3-5,8,10,13,15H,6-7,9H2,1-2H3. The molecule has 1 saturated heterocycles. The van der Waals surface area contributed by atoms with E-state index in [2.05, 4.69) is 17.1 Å². The lowest BCUT2D eigenvalue weighted by molar-refractivity contribution is 0.0153. The van der Waals surface area contributed by atoms with E-state index in [-0.39, 0.29) is 18.0 Å². The van der Waals surface area contributed by atoms with Gasteiger partial charge in [0.05, 0.1) is 18.8 Å². The number of anilines is 1. The maximum Gasteiger partial charge on any atom is 0.125 e. The molecule has 2 atom stereocenters. The van der Waals surface area contributed by atoms with E-state index in [1.165, 1.54) is 6.07 Å². The Kier molecular flexibility index (Phi) is 3.97. The number of hydrogen-bond donors (Lipinski definition) is 1. The van der Waals surface area contributed by atoms with Crippen LogP contribution in [0.1, 0.15) is 6.92 Å². The first-order chi connectivity index (χ1) is 8.18. The van der Waals surface area contributed by atoms with Gasteiger partial charge in [-0.15, -0.1) is 0 Å². The minimum absolute atomic E-state index is 0.150. The second-order valence-corrected chi connectivity index (χ2v) is 4.44. The van der Waals surface area contributed by atoms with Gasteiger partial charge in [-0.25, -0.2) is 4.39 Å². The minimum atomic E-state index is -0.204. The van der Waals surface area contributed by atoms with Gasteiger partial charge in [0.15, 0.2) is 0 Å². The lowest BCUT2D eigenvalue weighted by Crippen LogP contribution is -2.50. The van der Waals surface area contributed by atoms with Crippen molar-refractivity contribution < 1.29 is 9.13 Å². The van der Waals surface area contributed by atoms with Crippen molar-refractivity contribution in [2.24, 2.45) is 0 Å². The molecular formula is C13H19FN2O. The summed E-state index contributed by atoms with van der Waals surface area (Å²) >= 11 is 0. The van der Waals surface area contributed by atoms with Crippen molar-refractivity contribution in [1.82, 2.24) is 5.32 Å². The number of nitrogens with zero attached hydrogens (tertiary/aromatic N) is 1. The van der Waals surface area contributed by atoms with Crippen LogP contribution in [0.3, 0.4) is 0 Å². The Labute approximate surface area is 102 Å². The zero-order valence-electron chi connectivity index (χ0n) is 10.3. The molecule has 1 N–H and O–H groups in total. The molecule has 2 rings (SSSR count). The first kappa shape index (κ1) is 12.3. The predicted molar refractivity (Wildman–Crippen MR) is 66.9 cm³/mol. The molecule has 0 spiro atoms.